The first-order valence-electron chi connectivity index (χ1n) is 8.48. The predicted molar refractivity (Wildman–Crippen MR) is 101 cm³/mol. The van der Waals surface area contributed by atoms with Gasteiger partial charge in [0, 0.05) is 42.5 Å². The molecule has 0 unspecified atom stereocenters. The van der Waals surface area contributed by atoms with Gasteiger partial charge >= 0.3 is 0 Å². The Morgan fingerprint density at radius 2 is 1.65 bits per heavy atom. The third-order valence-electron chi connectivity index (χ3n) is 3.90. The summed E-state index contributed by atoms with van der Waals surface area (Å²) in [5.41, 5.74) is 4.27. The molecule has 0 N–H and O–H groups in total. The topological polar surface area (TPSA) is 0 Å². The Labute approximate surface area is 173 Å². The van der Waals surface area contributed by atoms with E-state index in [-0.39, 0.29) is 32.7 Å². The van der Waals surface area contributed by atoms with E-state index in [2.05, 4.69) is 72.7 Å². The number of thiophene rings is 1. The number of hydrogen-bond acceptors (Lipinski definition) is 1. The van der Waals surface area contributed by atoms with Gasteiger partial charge in [0.1, 0.15) is 0 Å². The van der Waals surface area contributed by atoms with Gasteiger partial charge in [-0.1, -0.05) is 48.0 Å². The molecule has 0 atom stereocenters. The number of benzene rings is 1. The smallest absolute Gasteiger partial charge is 0.00517 e. The second-order valence-electron chi connectivity index (χ2n) is 6.39. The minimum absolute atomic E-state index is 0. The normalized spacial score (nSPS) is 10.3. The molecule has 1 aromatic heterocycles. The average Bonchev–Trinajstić information content (AvgIpc) is 2.89. The van der Waals surface area contributed by atoms with Crippen molar-refractivity contribution in [2.45, 2.75) is 73.1 Å². The Kier molecular flexibility index (Phi) is 11.6. The predicted octanol–water partition coefficient (Wildman–Crippen LogP) is 6.91. The van der Waals surface area contributed by atoms with Crippen LogP contribution in [0, 0.1) is 13.0 Å². The zero-order chi connectivity index (χ0) is 16.7. The second-order valence-corrected chi connectivity index (χ2v) is 7.73. The summed E-state index contributed by atoms with van der Waals surface area (Å²) in [5.74, 6) is 1.29. The maximum absolute atomic E-state index is 3.24. The van der Waals surface area contributed by atoms with Crippen molar-refractivity contribution in [2.75, 3.05) is 0 Å². The van der Waals surface area contributed by atoms with Gasteiger partial charge in [-0.05, 0) is 36.8 Å². The van der Waals surface area contributed by atoms with E-state index >= 15 is 0 Å². The summed E-state index contributed by atoms with van der Waals surface area (Å²) in [4.78, 5) is 3.02. The molecule has 0 saturated heterocycles. The minimum Gasteiger partial charge on any atom is -0.180 e. The minimum atomic E-state index is 0. The SMILES string of the molecule is CCc1cc(C(C)C)c(C)s1.CCc1cc[c-]c(C(C)C)c1.[Y]. The number of rotatable bonds is 4. The fourth-order valence-corrected chi connectivity index (χ4v) is 3.53. The Hall–Kier alpha value is 0.0239. The van der Waals surface area contributed by atoms with Crippen molar-refractivity contribution in [1.29, 1.82) is 0 Å². The van der Waals surface area contributed by atoms with E-state index in [0.29, 0.717) is 11.8 Å². The molecule has 23 heavy (non-hydrogen) atoms. The molecule has 0 aliphatic carbocycles. The summed E-state index contributed by atoms with van der Waals surface area (Å²) in [5, 5.41) is 0. The molecule has 125 valence electrons. The van der Waals surface area contributed by atoms with Crippen LogP contribution in [0.25, 0.3) is 0 Å². The van der Waals surface area contributed by atoms with Crippen molar-refractivity contribution in [3.63, 3.8) is 0 Å². The largest absolute Gasteiger partial charge is 0.180 e. The molecule has 0 amide bonds. The fraction of sp³-hybridized carbons (Fsp3) is 0.524. The van der Waals surface area contributed by atoms with Crippen LogP contribution in [-0.2, 0) is 45.6 Å². The molecule has 0 aliphatic heterocycles. The van der Waals surface area contributed by atoms with Crippen LogP contribution >= 0.6 is 11.3 Å². The molecular formula is C21H31SY-. The van der Waals surface area contributed by atoms with Crippen LogP contribution < -0.4 is 0 Å². The third-order valence-corrected chi connectivity index (χ3v) is 5.11. The average molecular weight is 404 g/mol. The molecular weight excluding hydrogens is 373 g/mol. The summed E-state index contributed by atoms with van der Waals surface area (Å²) >= 11 is 1.94. The van der Waals surface area contributed by atoms with Crippen LogP contribution in [0.4, 0.5) is 0 Å². The third kappa shape index (κ3) is 7.63. The molecule has 0 spiro atoms. The van der Waals surface area contributed by atoms with Gasteiger partial charge in [-0.2, -0.15) is 35.4 Å². The molecule has 0 nitrogen and oxygen atoms in total. The van der Waals surface area contributed by atoms with Crippen molar-refractivity contribution in [3.05, 3.63) is 56.8 Å². The number of aryl methyl sites for hydroxylation is 3. The summed E-state index contributed by atoms with van der Waals surface area (Å²) < 4.78 is 0. The van der Waals surface area contributed by atoms with E-state index in [9.17, 15) is 0 Å². The zero-order valence-electron chi connectivity index (χ0n) is 15.9. The Morgan fingerprint density at radius 1 is 1.00 bits per heavy atom. The van der Waals surface area contributed by atoms with E-state index < -0.39 is 0 Å². The summed E-state index contributed by atoms with van der Waals surface area (Å²) in [6.07, 6.45) is 2.30. The van der Waals surface area contributed by atoms with Gasteiger partial charge in [-0.3, -0.25) is 0 Å². The van der Waals surface area contributed by atoms with Crippen LogP contribution in [-0.4, -0.2) is 0 Å². The van der Waals surface area contributed by atoms with Gasteiger partial charge in [-0.15, -0.1) is 11.3 Å². The summed E-state index contributed by atoms with van der Waals surface area (Å²) in [7, 11) is 0. The van der Waals surface area contributed by atoms with Crippen molar-refractivity contribution >= 4 is 11.3 Å². The molecule has 0 aliphatic rings. The van der Waals surface area contributed by atoms with Gasteiger partial charge in [0.25, 0.3) is 0 Å². The molecule has 0 bridgehead atoms. The fourth-order valence-electron chi connectivity index (χ4n) is 2.40. The quantitative estimate of drug-likeness (QED) is 0.486. The maximum atomic E-state index is 3.24. The van der Waals surface area contributed by atoms with Gasteiger partial charge in [0.15, 0.2) is 0 Å². The summed E-state index contributed by atoms with van der Waals surface area (Å²) in [6.45, 7) is 15.5. The Bertz CT molecular complexity index is 567. The molecule has 2 heteroatoms. The first-order chi connectivity index (χ1) is 10.4. The van der Waals surface area contributed by atoms with Gasteiger partial charge in [0.2, 0.25) is 0 Å². The van der Waals surface area contributed by atoms with Crippen LogP contribution in [0.1, 0.15) is 79.8 Å². The Balaban J connectivity index is 0.000000403. The first kappa shape index (κ1) is 23.0. The molecule has 1 radical (unpaired) electrons. The van der Waals surface area contributed by atoms with Crippen LogP contribution in [0.3, 0.4) is 0 Å². The van der Waals surface area contributed by atoms with Gasteiger partial charge in [-0.25, -0.2) is 0 Å². The first-order valence-corrected chi connectivity index (χ1v) is 9.30. The van der Waals surface area contributed by atoms with E-state index in [1.54, 1.807) is 0 Å². The van der Waals surface area contributed by atoms with E-state index in [1.807, 2.05) is 17.4 Å². The van der Waals surface area contributed by atoms with Crippen LogP contribution in [0.15, 0.2) is 24.3 Å². The standard InChI is InChI=1S/C11H15.C10H16S.Y/c1-4-10-6-5-7-11(8-10)9(2)3;1-5-9-6-10(7(2)3)8(4)11-9;/h5-6,8-9H,4H2,1-3H3;6-7H,5H2,1-4H3;/q-1;;. The van der Waals surface area contributed by atoms with Crippen molar-refractivity contribution in [3.8, 4) is 0 Å². The zero-order valence-corrected chi connectivity index (χ0v) is 19.5. The monoisotopic (exact) mass is 404 g/mol. The molecule has 0 fully saturated rings. The van der Waals surface area contributed by atoms with E-state index in [4.69, 9.17) is 0 Å². The van der Waals surface area contributed by atoms with Crippen molar-refractivity contribution in [2.24, 2.45) is 0 Å². The van der Waals surface area contributed by atoms with Crippen LogP contribution in [0.5, 0.6) is 0 Å². The van der Waals surface area contributed by atoms with Crippen molar-refractivity contribution < 1.29 is 32.7 Å². The second kappa shape index (κ2) is 11.6. The molecule has 1 aromatic carbocycles. The van der Waals surface area contributed by atoms with Gasteiger partial charge < -0.3 is 0 Å². The van der Waals surface area contributed by atoms with Crippen LogP contribution in [0.2, 0.25) is 0 Å². The maximum Gasteiger partial charge on any atom is 0.00517 e. The Morgan fingerprint density at radius 3 is 2.04 bits per heavy atom. The molecule has 2 aromatic rings. The molecule has 1 heterocycles. The van der Waals surface area contributed by atoms with Crippen molar-refractivity contribution in [1.82, 2.24) is 0 Å². The number of hydrogen-bond donors (Lipinski definition) is 0. The summed E-state index contributed by atoms with van der Waals surface area (Å²) in [6, 6.07) is 12.0. The van der Waals surface area contributed by atoms with E-state index in [0.717, 1.165) is 6.42 Å². The molecule has 2 rings (SSSR count). The van der Waals surface area contributed by atoms with E-state index in [1.165, 1.54) is 32.9 Å². The molecule has 0 saturated carbocycles. The van der Waals surface area contributed by atoms with Gasteiger partial charge in [0.05, 0.1) is 0 Å².